The predicted molar refractivity (Wildman–Crippen MR) is 77.4 cm³/mol. The quantitative estimate of drug-likeness (QED) is 0.374. The van der Waals surface area contributed by atoms with Crippen LogP contribution in [-0.4, -0.2) is 4.98 Å². The number of benzene rings is 1. The second-order valence-corrected chi connectivity index (χ2v) is 4.41. The monoisotopic (exact) mass is 427 g/mol. The summed E-state index contributed by atoms with van der Waals surface area (Å²) in [5, 5.41) is 3.31. The Bertz CT molecular complexity index is 445. The lowest BCUT2D eigenvalue weighted by Crippen LogP contribution is -1.90. The molecular weight excluding hydrogens is 421 g/mol. The summed E-state index contributed by atoms with van der Waals surface area (Å²) in [6.07, 6.45) is 0. The third-order valence-corrected chi connectivity index (χ3v) is 3.00. The van der Waals surface area contributed by atoms with Gasteiger partial charge in [-0.1, -0.05) is 40.2 Å². The Morgan fingerprint density at radius 2 is 2.00 bits per heavy atom. The van der Waals surface area contributed by atoms with E-state index in [0.29, 0.717) is 0 Å². The molecule has 1 aromatic heterocycles. The molecule has 0 saturated carbocycles. The van der Waals surface area contributed by atoms with Gasteiger partial charge in [-0.05, 0) is 34.0 Å². The average Bonchev–Trinajstić information content (AvgIpc) is 2.16. The van der Waals surface area contributed by atoms with Crippen LogP contribution in [0.15, 0.2) is 30.3 Å². The van der Waals surface area contributed by atoms with E-state index in [1.807, 2.05) is 6.07 Å². The first-order chi connectivity index (χ1) is 6.31. The van der Waals surface area contributed by atoms with E-state index in [1.165, 1.54) is 10.8 Å². The highest BCUT2D eigenvalue weighted by Gasteiger charge is 2.01. The van der Waals surface area contributed by atoms with E-state index >= 15 is 0 Å². The molecule has 1 aromatic carbocycles. The minimum Gasteiger partial charge on any atom is -0.245 e. The van der Waals surface area contributed by atoms with Crippen molar-refractivity contribution in [2.75, 3.05) is 0 Å². The summed E-state index contributed by atoms with van der Waals surface area (Å²) in [4.78, 5) is 4.46. The van der Waals surface area contributed by atoms with Crippen LogP contribution in [0.1, 0.15) is 5.69 Å². The number of hydrogen-bond donors (Lipinski definition) is 0. The SMILES string of the molecule is Br.BrCc1nc(I)cc2ccccc12. The van der Waals surface area contributed by atoms with Gasteiger partial charge in [0.25, 0.3) is 0 Å². The lowest BCUT2D eigenvalue weighted by molar-refractivity contribution is 1.18. The van der Waals surface area contributed by atoms with Gasteiger partial charge in [-0.3, -0.25) is 0 Å². The van der Waals surface area contributed by atoms with Crippen molar-refractivity contribution in [3.8, 4) is 0 Å². The fourth-order valence-corrected chi connectivity index (χ4v) is 2.39. The maximum atomic E-state index is 4.46. The molecule has 0 amide bonds. The van der Waals surface area contributed by atoms with E-state index in [9.17, 15) is 0 Å². The van der Waals surface area contributed by atoms with Crippen LogP contribution >= 0.6 is 55.5 Å². The number of hydrogen-bond acceptors (Lipinski definition) is 1. The van der Waals surface area contributed by atoms with Crippen molar-refractivity contribution in [1.82, 2.24) is 4.98 Å². The van der Waals surface area contributed by atoms with E-state index in [2.05, 4.69) is 67.8 Å². The molecule has 0 saturated heterocycles. The molecule has 14 heavy (non-hydrogen) atoms. The van der Waals surface area contributed by atoms with Gasteiger partial charge in [-0.15, -0.1) is 17.0 Å². The number of nitrogens with zero attached hydrogens (tertiary/aromatic N) is 1. The topological polar surface area (TPSA) is 12.9 Å². The Morgan fingerprint density at radius 1 is 1.29 bits per heavy atom. The van der Waals surface area contributed by atoms with Crippen molar-refractivity contribution in [2.45, 2.75) is 5.33 Å². The van der Waals surface area contributed by atoms with Crippen LogP contribution in [0.3, 0.4) is 0 Å². The van der Waals surface area contributed by atoms with Crippen molar-refractivity contribution in [3.05, 3.63) is 39.7 Å². The van der Waals surface area contributed by atoms with Crippen LogP contribution in [-0.2, 0) is 5.33 Å². The molecule has 2 rings (SSSR count). The average molecular weight is 429 g/mol. The third-order valence-electron chi connectivity index (χ3n) is 1.91. The van der Waals surface area contributed by atoms with Gasteiger partial charge in [0.1, 0.15) is 3.70 Å². The highest BCUT2D eigenvalue weighted by molar-refractivity contribution is 14.1. The standard InChI is InChI=1S/C10H7BrIN.BrH/c11-6-9-8-4-2-1-3-7(8)5-10(12)13-9;/h1-5H,6H2;1H. The van der Waals surface area contributed by atoms with Crippen LogP contribution in [0.4, 0.5) is 0 Å². The fraction of sp³-hybridized carbons (Fsp3) is 0.100. The van der Waals surface area contributed by atoms with Gasteiger partial charge >= 0.3 is 0 Å². The number of aromatic nitrogens is 1. The van der Waals surface area contributed by atoms with Gasteiger partial charge in [0.15, 0.2) is 0 Å². The third kappa shape index (κ3) is 2.46. The van der Waals surface area contributed by atoms with Gasteiger partial charge in [-0.25, -0.2) is 4.98 Å². The molecule has 2 aromatic rings. The van der Waals surface area contributed by atoms with Crippen molar-refractivity contribution in [1.29, 1.82) is 0 Å². The second-order valence-electron chi connectivity index (χ2n) is 2.75. The fourth-order valence-electron chi connectivity index (χ4n) is 1.34. The molecule has 0 spiro atoms. The Morgan fingerprint density at radius 3 is 2.71 bits per heavy atom. The summed E-state index contributed by atoms with van der Waals surface area (Å²) in [6.45, 7) is 0. The molecular formula is C10H8Br2IN. The van der Waals surface area contributed by atoms with Crippen molar-refractivity contribution >= 4 is 66.3 Å². The summed E-state index contributed by atoms with van der Waals surface area (Å²) < 4.78 is 1.05. The molecule has 0 N–H and O–H groups in total. The highest BCUT2D eigenvalue weighted by Crippen LogP contribution is 2.20. The molecule has 0 fully saturated rings. The molecule has 1 nitrogen and oxygen atoms in total. The summed E-state index contributed by atoms with van der Waals surface area (Å²) >= 11 is 5.69. The molecule has 1 heterocycles. The number of pyridine rings is 1. The summed E-state index contributed by atoms with van der Waals surface area (Å²) in [6, 6.07) is 10.4. The summed E-state index contributed by atoms with van der Waals surface area (Å²) in [5.41, 5.74) is 1.11. The van der Waals surface area contributed by atoms with Gasteiger partial charge in [-0.2, -0.15) is 0 Å². The first-order valence-electron chi connectivity index (χ1n) is 3.91. The Balaban J connectivity index is 0.000000980. The Labute approximate surface area is 115 Å². The molecule has 0 aliphatic rings. The first kappa shape index (κ1) is 12.4. The van der Waals surface area contributed by atoms with E-state index < -0.39 is 0 Å². The van der Waals surface area contributed by atoms with Crippen molar-refractivity contribution < 1.29 is 0 Å². The van der Waals surface area contributed by atoms with Crippen molar-refractivity contribution in [2.24, 2.45) is 0 Å². The zero-order valence-electron chi connectivity index (χ0n) is 7.21. The van der Waals surface area contributed by atoms with Gasteiger partial charge in [0.2, 0.25) is 0 Å². The summed E-state index contributed by atoms with van der Waals surface area (Å²) in [5.74, 6) is 0. The molecule has 0 aliphatic carbocycles. The normalized spacial score (nSPS) is 9.86. The van der Waals surface area contributed by atoms with Crippen LogP contribution in [0.2, 0.25) is 0 Å². The number of fused-ring (bicyclic) bond motifs is 1. The smallest absolute Gasteiger partial charge is 0.102 e. The van der Waals surface area contributed by atoms with E-state index in [-0.39, 0.29) is 17.0 Å². The van der Waals surface area contributed by atoms with Crippen LogP contribution in [0, 0.1) is 3.70 Å². The van der Waals surface area contributed by atoms with E-state index in [1.54, 1.807) is 0 Å². The minimum atomic E-state index is 0. The maximum absolute atomic E-state index is 4.46. The van der Waals surface area contributed by atoms with Gasteiger partial charge in [0.05, 0.1) is 5.69 Å². The zero-order chi connectivity index (χ0) is 9.26. The molecule has 0 bridgehead atoms. The van der Waals surface area contributed by atoms with Crippen LogP contribution in [0.25, 0.3) is 10.8 Å². The molecule has 0 atom stereocenters. The van der Waals surface area contributed by atoms with E-state index in [4.69, 9.17) is 0 Å². The number of rotatable bonds is 1. The van der Waals surface area contributed by atoms with Crippen molar-refractivity contribution in [3.63, 3.8) is 0 Å². The maximum Gasteiger partial charge on any atom is 0.102 e. The highest BCUT2D eigenvalue weighted by atomic mass is 127. The van der Waals surface area contributed by atoms with Crippen LogP contribution in [0.5, 0.6) is 0 Å². The molecule has 0 aliphatic heterocycles. The number of halogens is 3. The Kier molecular flexibility index (Phi) is 4.79. The molecule has 4 heteroatoms. The predicted octanol–water partition coefficient (Wildman–Crippen LogP) is 4.31. The van der Waals surface area contributed by atoms with Gasteiger partial charge < -0.3 is 0 Å². The Hall–Kier alpha value is 0.320. The number of alkyl halides is 1. The minimum absolute atomic E-state index is 0. The lowest BCUT2D eigenvalue weighted by Gasteiger charge is -2.03. The second kappa shape index (κ2) is 5.42. The first-order valence-corrected chi connectivity index (χ1v) is 6.11. The lowest BCUT2D eigenvalue weighted by atomic mass is 10.1. The molecule has 74 valence electrons. The van der Waals surface area contributed by atoms with Crippen LogP contribution < -0.4 is 0 Å². The van der Waals surface area contributed by atoms with Gasteiger partial charge in [0, 0.05) is 10.7 Å². The zero-order valence-corrected chi connectivity index (χ0v) is 12.7. The molecule has 0 radical (unpaired) electrons. The molecule has 0 unspecified atom stereocenters. The largest absolute Gasteiger partial charge is 0.245 e. The summed E-state index contributed by atoms with van der Waals surface area (Å²) in [7, 11) is 0. The van der Waals surface area contributed by atoms with E-state index in [0.717, 1.165) is 14.7 Å².